The molecule has 0 bridgehead atoms. The summed E-state index contributed by atoms with van der Waals surface area (Å²) in [5.74, 6) is 0. The summed E-state index contributed by atoms with van der Waals surface area (Å²) >= 11 is 1.58. The first-order chi connectivity index (χ1) is 8.16. The van der Waals surface area contributed by atoms with Crippen molar-refractivity contribution >= 4 is 22.7 Å². The van der Waals surface area contributed by atoms with Gasteiger partial charge in [-0.1, -0.05) is 0 Å². The molecule has 0 aliphatic carbocycles. The van der Waals surface area contributed by atoms with Crippen LogP contribution >= 0.6 is 11.3 Å². The van der Waals surface area contributed by atoms with Crippen LogP contribution in [0.5, 0.6) is 0 Å². The maximum absolute atomic E-state index is 10.5. The fraction of sp³-hybridized carbons (Fsp3) is 0.182. The van der Waals surface area contributed by atoms with Gasteiger partial charge in [0.25, 0.3) is 5.69 Å². The fourth-order valence-electron chi connectivity index (χ4n) is 1.44. The van der Waals surface area contributed by atoms with Crippen molar-refractivity contribution in [2.75, 3.05) is 5.32 Å². The van der Waals surface area contributed by atoms with Crippen molar-refractivity contribution in [3.05, 3.63) is 51.0 Å². The van der Waals surface area contributed by atoms with Crippen LogP contribution in [0.25, 0.3) is 0 Å². The normalized spacial score (nSPS) is 12.1. The topological polar surface area (TPSA) is 68.1 Å². The van der Waals surface area contributed by atoms with Gasteiger partial charge in [0.05, 0.1) is 11.0 Å². The zero-order valence-electron chi connectivity index (χ0n) is 9.16. The predicted molar refractivity (Wildman–Crippen MR) is 67.2 cm³/mol. The van der Waals surface area contributed by atoms with E-state index in [0.29, 0.717) is 0 Å². The molecule has 1 aromatic carbocycles. The standard InChI is InChI=1S/C11H11N3O2S/c1-8(11-12-6-7-17-11)13-9-2-4-10(5-3-9)14(15)16/h2-8,13H,1H3. The van der Waals surface area contributed by atoms with Crippen LogP contribution in [-0.2, 0) is 0 Å². The highest BCUT2D eigenvalue weighted by molar-refractivity contribution is 7.09. The third-order valence-electron chi connectivity index (χ3n) is 2.28. The van der Waals surface area contributed by atoms with Gasteiger partial charge in [0.1, 0.15) is 5.01 Å². The molecule has 0 radical (unpaired) electrons. The Morgan fingerprint density at radius 2 is 2.12 bits per heavy atom. The molecule has 88 valence electrons. The highest BCUT2D eigenvalue weighted by Gasteiger charge is 2.09. The second kappa shape index (κ2) is 4.92. The van der Waals surface area contributed by atoms with Crippen LogP contribution < -0.4 is 5.32 Å². The summed E-state index contributed by atoms with van der Waals surface area (Å²) in [6, 6.07) is 6.45. The van der Waals surface area contributed by atoms with Crippen molar-refractivity contribution in [3.8, 4) is 0 Å². The van der Waals surface area contributed by atoms with Gasteiger partial charge in [0.2, 0.25) is 0 Å². The first kappa shape index (κ1) is 11.5. The van der Waals surface area contributed by atoms with E-state index in [1.54, 1.807) is 29.7 Å². The molecule has 1 heterocycles. The minimum Gasteiger partial charge on any atom is -0.376 e. The van der Waals surface area contributed by atoms with Gasteiger partial charge in [-0.25, -0.2) is 4.98 Å². The SMILES string of the molecule is CC(Nc1ccc([N+](=O)[O-])cc1)c1nccs1. The summed E-state index contributed by atoms with van der Waals surface area (Å²) in [6.07, 6.45) is 1.76. The van der Waals surface area contributed by atoms with Crippen molar-refractivity contribution in [2.45, 2.75) is 13.0 Å². The maximum atomic E-state index is 10.5. The van der Waals surface area contributed by atoms with Gasteiger partial charge in [0, 0.05) is 29.4 Å². The zero-order chi connectivity index (χ0) is 12.3. The molecule has 5 nitrogen and oxygen atoms in total. The van der Waals surface area contributed by atoms with Gasteiger partial charge in [-0.3, -0.25) is 10.1 Å². The van der Waals surface area contributed by atoms with E-state index < -0.39 is 4.92 Å². The molecule has 0 amide bonds. The lowest BCUT2D eigenvalue weighted by Crippen LogP contribution is -2.05. The summed E-state index contributed by atoms with van der Waals surface area (Å²) in [4.78, 5) is 14.3. The van der Waals surface area contributed by atoms with Crippen molar-refractivity contribution in [3.63, 3.8) is 0 Å². The van der Waals surface area contributed by atoms with E-state index in [2.05, 4.69) is 10.3 Å². The number of non-ortho nitro benzene ring substituents is 1. The molecule has 0 spiro atoms. The Labute approximate surface area is 102 Å². The molecule has 2 rings (SSSR count). The molecule has 17 heavy (non-hydrogen) atoms. The number of nitrogens with one attached hydrogen (secondary N) is 1. The summed E-state index contributed by atoms with van der Waals surface area (Å²) in [5, 5.41) is 16.6. The Bertz CT molecular complexity index is 496. The predicted octanol–water partition coefficient (Wildman–Crippen LogP) is 3.22. The van der Waals surface area contributed by atoms with Crippen molar-refractivity contribution < 1.29 is 4.92 Å². The van der Waals surface area contributed by atoms with E-state index in [4.69, 9.17) is 0 Å². The number of rotatable bonds is 4. The molecule has 0 fully saturated rings. The van der Waals surface area contributed by atoms with Crippen LogP contribution in [0.1, 0.15) is 18.0 Å². The van der Waals surface area contributed by atoms with Crippen LogP contribution in [-0.4, -0.2) is 9.91 Å². The van der Waals surface area contributed by atoms with Gasteiger partial charge in [0.15, 0.2) is 0 Å². The van der Waals surface area contributed by atoms with E-state index in [-0.39, 0.29) is 11.7 Å². The minimum atomic E-state index is -0.409. The van der Waals surface area contributed by atoms with E-state index in [1.165, 1.54) is 12.1 Å². The highest BCUT2D eigenvalue weighted by atomic mass is 32.1. The number of anilines is 1. The zero-order valence-corrected chi connectivity index (χ0v) is 9.98. The summed E-state index contributed by atoms with van der Waals surface area (Å²) in [5.41, 5.74) is 0.941. The van der Waals surface area contributed by atoms with Crippen molar-refractivity contribution in [2.24, 2.45) is 0 Å². The molecule has 0 aliphatic rings. The van der Waals surface area contributed by atoms with Gasteiger partial charge in [-0.05, 0) is 19.1 Å². The third-order valence-corrected chi connectivity index (χ3v) is 3.24. The number of benzene rings is 1. The molecule has 2 aromatic rings. The largest absolute Gasteiger partial charge is 0.376 e. The second-order valence-corrected chi connectivity index (χ2v) is 4.47. The van der Waals surface area contributed by atoms with Crippen LogP contribution in [0.2, 0.25) is 0 Å². The Morgan fingerprint density at radius 3 is 2.65 bits per heavy atom. The quantitative estimate of drug-likeness (QED) is 0.667. The monoisotopic (exact) mass is 249 g/mol. The molecule has 0 aliphatic heterocycles. The van der Waals surface area contributed by atoms with Crippen LogP contribution in [0.4, 0.5) is 11.4 Å². The molecule has 1 aromatic heterocycles. The van der Waals surface area contributed by atoms with Crippen LogP contribution in [0.3, 0.4) is 0 Å². The van der Waals surface area contributed by atoms with Gasteiger partial charge < -0.3 is 5.32 Å². The molecular weight excluding hydrogens is 238 g/mol. The Morgan fingerprint density at radius 1 is 1.41 bits per heavy atom. The Balaban J connectivity index is 2.06. The van der Waals surface area contributed by atoms with Crippen LogP contribution in [0, 0.1) is 10.1 Å². The highest BCUT2D eigenvalue weighted by Crippen LogP contribution is 2.22. The molecule has 1 N–H and O–H groups in total. The first-order valence-electron chi connectivity index (χ1n) is 5.07. The molecule has 1 unspecified atom stereocenters. The lowest BCUT2D eigenvalue weighted by Gasteiger charge is -2.12. The number of nitro groups is 1. The third kappa shape index (κ3) is 2.79. The van der Waals surface area contributed by atoms with Gasteiger partial charge in [-0.15, -0.1) is 11.3 Å². The number of nitro benzene ring substituents is 1. The Hall–Kier alpha value is -1.95. The van der Waals surface area contributed by atoms with Crippen molar-refractivity contribution in [1.29, 1.82) is 0 Å². The fourth-order valence-corrected chi connectivity index (χ4v) is 2.09. The van der Waals surface area contributed by atoms with E-state index in [1.807, 2.05) is 12.3 Å². The Kier molecular flexibility index (Phi) is 3.34. The average molecular weight is 249 g/mol. The molecule has 0 saturated heterocycles. The van der Waals surface area contributed by atoms with E-state index >= 15 is 0 Å². The second-order valence-electron chi connectivity index (χ2n) is 3.54. The summed E-state index contributed by atoms with van der Waals surface area (Å²) < 4.78 is 0. The number of thiazole rings is 1. The number of hydrogen-bond acceptors (Lipinski definition) is 5. The smallest absolute Gasteiger partial charge is 0.269 e. The average Bonchev–Trinajstić information content (AvgIpc) is 2.83. The number of hydrogen-bond donors (Lipinski definition) is 1. The van der Waals surface area contributed by atoms with Gasteiger partial charge >= 0.3 is 0 Å². The number of nitrogens with zero attached hydrogens (tertiary/aromatic N) is 2. The molecule has 0 saturated carbocycles. The minimum absolute atomic E-state index is 0.0939. The van der Waals surface area contributed by atoms with E-state index in [0.717, 1.165) is 10.7 Å². The lowest BCUT2D eigenvalue weighted by atomic mass is 10.2. The summed E-state index contributed by atoms with van der Waals surface area (Å²) in [6.45, 7) is 2.00. The molecule has 6 heteroatoms. The van der Waals surface area contributed by atoms with Gasteiger partial charge in [-0.2, -0.15) is 0 Å². The van der Waals surface area contributed by atoms with E-state index in [9.17, 15) is 10.1 Å². The molecule has 1 atom stereocenters. The lowest BCUT2D eigenvalue weighted by molar-refractivity contribution is -0.384. The van der Waals surface area contributed by atoms with Crippen LogP contribution in [0.15, 0.2) is 35.8 Å². The first-order valence-corrected chi connectivity index (χ1v) is 5.95. The maximum Gasteiger partial charge on any atom is 0.269 e. The summed E-state index contributed by atoms with van der Waals surface area (Å²) in [7, 11) is 0. The molecular formula is C11H11N3O2S. The number of aromatic nitrogens is 1. The van der Waals surface area contributed by atoms with Crippen molar-refractivity contribution in [1.82, 2.24) is 4.98 Å².